The number of benzene rings is 2. The Labute approximate surface area is 206 Å². The Balaban J connectivity index is 1.75. The van der Waals surface area contributed by atoms with Gasteiger partial charge in [0.05, 0.1) is 23.3 Å². The minimum Gasteiger partial charge on any atom is -0.497 e. The van der Waals surface area contributed by atoms with Crippen LogP contribution in [0.1, 0.15) is 52.0 Å². The lowest BCUT2D eigenvalue weighted by Gasteiger charge is -2.20. The molecule has 0 unspecified atom stereocenters. The van der Waals surface area contributed by atoms with Crippen LogP contribution in [0.15, 0.2) is 59.5 Å². The SMILES string of the molecule is COc1ccc(N(C)S(=O)(=O)c2cccc(C(=O)OCC(=O)c3cc(C)n(C(C)C)c3C)c2)cc1. The molecule has 2 aromatic carbocycles. The largest absolute Gasteiger partial charge is 0.497 e. The number of methoxy groups -OCH3 is 1. The molecule has 186 valence electrons. The zero-order valence-corrected chi connectivity index (χ0v) is 21.5. The first-order valence-corrected chi connectivity index (χ1v) is 12.5. The zero-order chi connectivity index (χ0) is 25.9. The Hall–Kier alpha value is -3.59. The number of esters is 1. The molecule has 0 aliphatic rings. The minimum atomic E-state index is -3.94. The van der Waals surface area contributed by atoms with E-state index >= 15 is 0 Å². The Morgan fingerprint density at radius 1 is 1.03 bits per heavy atom. The quantitative estimate of drug-likeness (QED) is 0.317. The van der Waals surface area contributed by atoms with E-state index in [1.165, 1.54) is 38.4 Å². The molecule has 0 spiro atoms. The highest BCUT2D eigenvalue weighted by Crippen LogP contribution is 2.25. The van der Waals surface area contributed by atoms with Gasteiger partial charge in [0.2, 0.25) is 5.78 Å². The van der Waals surface area contributed by atoms with Crippen molar-refractivity contribution in [3.63, 3.8) is 0 Å². The van der Waals surface area contributed by atoms with Crippen molar-refractivity contribution in [1.29, 1.82) is 0 Å². The highest BCUT2D eigenvalue weighted by atomic mass is 32.2. The van der Waals surface area contributed by atoms with Crippen LogP contribution in [0.5, 0.6) is 5.75 Å². The van der Waals surface area contributed by atoms with Crippen LogP contribution in [-0.4, -0.2) is 45.5 Å². The summed E-state index contributed by atoms with van der Waals surface area (Å²) in [6, 6.07) is 14.1. The molecule has 9 heteroatoms. The zero-order valence-electron chi connectivity index (χ0n) is 20.7. The normalized spacial score (nSPS) is 11.4. The summed E-state index contributed by atoms with van der Waals surface area (Å²) in [5.41, 5.74) is 2.73. The number of Topliss-reactive ketones (excluding diaryl/α,β-unsaturated/α-hetero) is 1. The molecular formula is C26H30N2O6S. The Morgan fingerprint density at radius 3 is 2.26 bits per heavy atom. The summed E-state index contributed by atoms with van der Waals surface area (Å²) in [7, 11) is -0.992. The van der Waals surface area contributed by atoms with E-state index in [9.17, 15) is 18.0 Å². The number of ether oxygens (including phenoxy) is 2. The fraction of sp³-hybridized carbons (Fsp3) is 0.308. The van der Waals surface area contributed by atoms with Crippen LogP contribution < -0.4 is 9.04 Å². The molecule has 3 rings (SSSR count). The lowest BCUT2D eigenvalue weighted by atomic mass is 10.1. The van der Waals surface area contributed by atoms with Crippen LogP contribution in [0.4, 0.5) is 5.69 Å². The van der Waals surface area contributed by atoms with Crippen molar-refractivity contribution in [2.24, 2.45) is 0 Å². The first-order chi connectivity index (χ1) is 16.5. The number of aryl methyl sites for hydroxylation is 1. The third-order valence-corrected chi connectivity index (χ3v) is 7.58. The number of anilines is 1. The van der Waals surface area contributed by atoms with Gasteiger partial charge in [0.1, 0.15) is 5.75 Å². The van der Waals surface area contributed by atoms with Crippen molar-refractivity contribution < 1.29 is 27.5 Å². The van der Waals surface area contributed by atoms with Crippen molar-refractivity contribution in [2.45, 2.75) is 38.6 Å². The van der Waals surface area contributed by atoms with Gasteiger partial charge >= 0.3 is 5.97 Å². The van der Waals surface area contributed by atoms with Crippen LogP contribution in [-0.2, 0) is 14.8 Å². The van der Waals surface area contributed by atoms with Crippen molar-refractivity contribution in [2.75, 3.05) is 25.1 Å². The summed E-state index contributed by atoms with van der Waals surface area (Å²) >= 11 is 0. The number of carbonyl (C=O) groups is 2. The molecule has 0 bridgehead atoms. The van der Waals surface area contributed by atoms with E-state index in [1.54, 1.807) is 30.3 Å². The van der Waals surface area contributed by atoms with Gasteiger partial charge in [-0.2, -0.15) is 0 Å². The summed E-state index contributed by atoms with van der Waals surface area (Å²) in [6.45, 7) is 7.40. The molecule has 0 amide bonds. The van der Waals surface area contributed by atoms with Crippen LogP contribution in [0.25, 0.3) is 0 Å². The summed E-state index contributed by atoms with van der Waals surface area (Å²) in [4.78, 5) is 25.3. The summed E-state index contributed by atoms with van der Waals surface area (Å²) < 4.78 is 39.7. The summed E-state index contributed by atoms with van der Waals surface area (Å²) in [5, 5.41) is 0. The predicted octanol–water partition coefficient (Wildman–Crippen LogP) is 4.56. The van der Waals surface area contributed by atoms with Gasteiger partial charge in [-0.05, 0) is 76.2 Å². The number of sulfonamides is 1. The molecule has 0 saturated carbocycles. The molecule has 0 saturated heterocycles. The van der Waals surface area contributed by atoms with Gasteiger partial charge in [-0.25, -0.2) is 13.2 Å². The van der Waals surface area contributed by atoms with Gasteiger partial charge in [-0.15, -0.1) is 0 Å². The third-order valence-electron chi connectivity index (χ3n) is 5.80. The van der Waals surface area contributed by atoms with Gasteiger partial charge in [0.25, 0.3) is 10.0 Å². The number of rotatable bonds is 9. The average molecular weight is 499 g/mol. The maximum absolute atomic E-state index is 13.1. The first kappa shape index (κ1) is 26.0. The first-order valence-electron chi connectivity index (χ1n) is 11.1. The lowest BCUT2D eigenvalue weighted by Crippen LogP contribution is -2.26. The monoisotopic (exact) mass is 498 g/mol. The van der Waals surface area contributed by atoms with E-state index in [2.05, 4.69) is 0 Å². The van der Waals surface area contributed by atoms with Gasteiger partial charge in [0, 0.05) is 30.0 Å². The van der Waals surface area contributed by atoms with Crippen molar-refractivity contribution in [3.8, 4) is 5.75 Å². The smallest absolute Gasteiger partial charge is 0.338 e. The van der Waals surface area contributed by atoms with Crippen molar-refractivity contribution in [1.82, 2.24) is 4.57 Å². The van der Waals surface area contributed by atoms with Crippen LogP contribution in [0.3, 0.4) is 0 Å². The second kappa shape index (κ2) is 10.4. The molecule has 0 radical (unpaired) electrons. The van der Waals surface area contributed by atoms with Crippen LogP contribution in [0.2, 0.25) is 0 Å². The second-order valence-electron chi connectivity index (χ2n) is 8.45. The molecular weight excluding hydrogens is 468 g/mol. The third kappa shape index (κ3) is 5.40. The minimum absolute atomic E-state index is 0.0367. The fourth-order valence-electron chi connectivity index (χ4n) is 4.02. The Bertz CT molecular complexity index is 1340. The molecule has 35 heavy (non-hydrogen) atoms. The van der Waals surface area contributed by atoms with Gasteiger partial charge in [-0.3, -0.25) is 9.10 Å². The van der Waals surface area contributed by atoms with Crippen LogP contribution >= 0.6 is 0 Å². The molecule has 0 aliphatic carbocycles. The van der Waals surface area contributed by atoms with Crippen LogP contribution in [0, 0.1) is 13.8 Å². The predicted molar refractivity (Wildman–Crippen MR) is 134 cm³/mol. The van der Waals surface area contributed by atoms with E-state index in [0.29, 0.717) is 17.0 Å². The Kier molecular flexibility index (Phi) is 7.70. The highest BCUT2D eigenvalue weighted by molar-refractivity contribution is 7.92. The molecule has 0 fully saturated rings. The van der Waals surface area contributed by atoms with E-state index in [0.717, 1.165) is 15.7 Å². The molecule has 1 heterocycles. The standard InChI is InChI=1S/C26H30N2O6S/c1-17(2)28-18(3)14-24(19(28)4)25(29)16-34-26(30)20-8-7-9-23(15-20)35(31,32)27(5)21-10-12-22(33-6)13-11-21/h7-15,17H,16H2,1-6H3. The Morgan fingerprint density at radius 2 is 1.69 bits per heavy atom. The van der Waals surface area contributed by atoms with E-state index in [4.69, 9.17) is 9.47 Å². The lowest BCUT2D eigenvalue weighted by molar-refractivity contribution is 0.0474. The van der Waals surface area contributed by atoms with Crippen molar-refractivity contribution >= 4 is 27.5 Å². The molecule has 8 nitrogen and oxygen atoms in total. The average Bonchev–Trinajstić information content (AvgIpc) is 3.15. The topological polar surface area (TPSA) is 94.9 Å². The van der Waals surface area contributed by atoms with Gasteiger partial charge < -0.3 is 14.0 Å². The number of hydrogen-bond acceptors (Lipinski definition) is 6. The highest BCUT2D eigenvalue weighted by Gasteiger charge is 2.24. The fourth-order valence-corrected chi connectivity index (χ4v) is 5.26. The molecule has 0 atom stereocenters. The maximum Gasteiger partial charge on any atom is 0.338 e. The van der Waals surface area contributed by atoms with Crippen molar-refractivity contribution in [3.05, 3.63) is 77.1 Å². The molecule has 0 N–H and O–H groups in total. The van der Waals surface area contributed by atoms with E-state index in [1.807, 2.05) is 32.3 Å². The number of ketones is 1. The molecule has 1 aromatic heterocycles. The van der Waals surface area contributed by atoms with Gasteiger partial charge in [0.15, 0.2) is 6.61 Å². The second-order valence-corrected chi connectivity index (χ2v) is 10.4. The van der Waals surface area contributed by atoms with E-state index < -0.39 is 22.6 Å². The summed E-state index contributed by atoms with van der Waals surface area (Å²) in [6.07, 6.45) is 0. The molecule has 0 aliphatic heterocycles. The maximum atomic E-state index is 13.1. The van der Waals surface area contributed by atoms with E-state index in [-0.39, 0.29) is 22.3 Å². The number of nitrogens with zero attached hydrogens (tertiary/aromatic N) is 2. The summed E-state index contributed by atoms with van der Waals surface area (Å²) in [5.74, 6) is -0.494. The number of aromatic nitrogens is 1. The molecule has 3 aromatic rings. The van der Waals surface area contributed by atoms with Gasteiger partial charge in [-0.1, -0.05) is 6.07 Å². The number of hydrogen-bond donors (Lipinski definition) is 0. The number of carbonyl (C=O) groups excluding carboxylic acids is 2.